The monoisotopic (exact) mass is 515 g/mol. The Bertz CT molecular complexity index is 1060. The number of sulfonamides is 1. The van der Waals surface area contributed by atoms with Crippen LogP contribution in [0.15, 0.2) is 51.3 Å². The number of hydrogen-bond donors (Lipinski definition) is 0. The number of dihydropyridines is 1. The molecule has 1 aromatic carbocycles. The van der Waals surface area contributed by atoms with Crippen LogP contribution >= 0.6 is 23.4 Å². The van der Waals surface area contributed by atoms with Gasteiger partial charge in [-0.2, -0.15) is 0 Å². The number of rotatable bonds is 5. The Morgan fingerprint density at radius 2 is 1.91 bits per heavy atom. The second kappa shape index (κ2) is 9.97. The molecule has 7 nitrogen and oxygen atoms in total. The van der Waals surface area contributed by atoms with E-state index in [-0.39, 0.29) is 22.8 Å². The first kappa shape index (κ1) is 23.9. The molecule has 0 aliphatic carbocycles. The van der Waals surface area contributed by atoms with Crippen molar-refractivity contribution in [1.29, 1.82) is 0 Å². The maximum Gasteiger partial charge on any atom is 0.211 e. The molecule has 0 saturated carbocycles. The summed E-state index contributed by atoms with van der Waals surface area (Å²) in [5.74, 6) is 0.763. The van der Waals surface area contributed by atoms with Gasteiger partial charge in [0.15, 0.2) is 11.3 Å². The molecule has 174 valence electrons. The Labute approximate surface area is 200 Å². The number of piperidine rings is 1. The fraction of sp³-hybridized carbons (Fsp3) is 0.524. The molecular weight excluding hydrogens is 490 g/mol. The first-order chi connectivity index (χ1) is 15.2. The van der Waals surface area contributed by atoms with Gasteiger partial charge in [0.2, 0.25) is 10.0 Å². The van der Waals surface area contributed by atoms with Crippen molar-refractivity contribution in [1.82, 2.24) is 4.31 Å². The minimum absolute atomic E-state index is 0.0829. The number of hydrogen-bond acceptors (Lipinski definition) is 7. The third kappa shape index (κ3) is 5.64. The lowest BCUT2D eigenvalue weighted by molar-refractivity contribution is 0.241. The Morgan fingerprint density at radius 3 is 2.47 bits per heavy atom. The number of halogens is 1. The normalized spacial score (nSPS) is 28.2. The van der Waals surface area contributed by atoms with E-state index in [1.54, 1.807) is 6.26 Å². The van der Waals surface area contributed by atoms with Crippen molar-refractivity contribution in [3.05, 3.63) is 42.0 Å². The van der Waals surface area contributed by atoms with Crippen LogP contribution in [0, 0.1) is 5.92 Å². The largest absolute Gasteiger partial charge is 0.464 e. The van der Waals surface area contributed by atoms with Gasteiger partial charge in [0.05, 0.1) is 23.2 Å². The first-order valence-corrected chi connectivity index (χ1v) is 15.1. The molecule has 11 heteroatoms. The van der Waals surface area contributed by atoms with E-state index in [2.05, 4.69) is 4.99 Å². The molecule has 4 unspecified atom stereocenters. The SMILES string of the molecule is CS(=O)c1ccc(C2N=C(C3CCN(S(C)(=O)=O)CC3)OC2SC2=NCC(Cl)C=C2)cc1. The standard InChI is InChI=1S/C21H26ClN3O4S3/c1-31(26)17-6-3-14(4-7-17)19-21(30-18-8-5-16(22)13-23-18)29-20(24-19)15-9-11-25(12-10-15)32(2,27)28/h3-8,15-16,19,21H,9-13H2,1-2H3. The van der Waals surface area contributed by atoms with Crippen LogP contribution in [0.25, 0.3) is 0 Å². The van der Waals surface area contributed by atoms with Gasteiger partial charge in [-0.05, 0) is 36.6 Å². The Hall–Kier alpha value is -1.20. The van der Waals surface area contributed by atoms with Crippen LogP contribution in [0.3, 0.4) is 0 Å². The quantitative estimate of drug-likeness (QED) is 0.562. The van der Waals surface area contributed by atoms with Crippen LogP contribution in [-0.2, 0) is 25.6 Å². The zero-order valence-corrected chi connectivity index (χ0v) is 21.1. The molecule has 3 aliphatic rings. The van der Waals surface area contributed by atoms with E-state index < -0.39 is 20.8 Å². The van der Waals surface area contributed by atoms with Crippen LogP contribution < -0.4 is 0 Å². The molecule has 0 radical (unpaired) electrons. The van der Waals surface area contributed by atoms with Crippen LogP contribution in [0.2, 0.25) is 0 Å². The molecule has 3 heterocycles. The summed E-state index contributed by atoms with van der Waals surface area (Å²) in [5, 5.41) is 0.764. The van der Waals surface area contributed by atoms with E-state index in [1.807, 2.05) is 36.4 Å². The smallest absolute Gasteiger partial charge is 0.211 e. The molecule has 4 rings (SSSR count). The predicted octanol–water partition coefficient (Wildman–Crippen LogP) is 3.20. The number of ether oxygens (including phenoxy) is 1. The topological polar surface area (TPSA) is 88.4 Å². The van der Waals surface area contributed by atoms with Crippen molar-refractivity contribution in [2.24, 2.45) is 15.9 Å². The summed E-state index contributed by atoms with van der Waals surface area (Å²) in [7, 11) is -4.23. The van der Waals surface area contributed by atoms with E-state index in [9.17, 15) is 12.6 Å². The zero-order valence-electron chi connectivity index (χ0n) is 17.9. The predicted molar refractivity (Wildman–Crippen MR) is 132 cm³/mol. The summed E-state index contributed by atoms with van der Waals surface area (Å²) < 4.78 is 43.3. The molecule has 0 aromatic heterocycles. The van der Waals surface area contributed by atoms with Crippen molar-refractivity contribution in [3.63, 3.8) is 0 Å². The maximum atomic E-state index is 11.8. The molecule has 0 N–H and O–H groups in total. The van der Waals surface area contributed by atoms with Gasteiger partial charge < -0.3 is 4.74 Å². The van der Waals surface area contributed by atoms with E-state index in [4.69, 9.17) is 21.3 Å². The molecule has 1 aromatic rings. The van der Waals surface area contributed by atoms with Crippen molar-refractivity contribution >= 4 is 55.1 Å². The first-order valence-electron chi connectivity index (χ1n) is 10.4. The van der Waals surface area contributed by atoms with Crippen molar-refractivity contribution < 1.29 is 17.4 Å². The molecule has 0 amide bonds. The molecule has 0 spiro atoms. The highest BCUT2D eigenvalue weighted by atomic mass is 35.5. The highest BCUT2D eigenvalue weighted by molar-refractivity contribution is 8.14. The van der Waals surface area contributed by atoms with Gasteiger partial charge in [-0.25, -0.2) is 17.7 Å². The van der Waals surface area contributed by atoms with E-state index in [0.717, 1.165) is 15.5 Å². The molecule has 32 heavy (non-hydrogen) atoms. The van der Waals surface area contributed by atoms with Gasteiger partial charge >= 0.3 is 0 Å². The van der Waals surface area contributed by atoms with Gasteiger partial charge in [0.1, 0.15) is 6.04 Å². The lowest BCUT2D eigenvalue weighted by atomic mass is 9.98. The number of nitrogens with zero attached hydrogens (tertiary/aromatic N) is 3. The number of alkyl halides is 1. The van der Waals surface area contributed by atoms with E-state index in [1.165, 1.54) is 22.3 Å². The molecule has 4 atom stereocenters. The third-order valence-corrected chi connectivity index (χ3v) is 9.31. The van der Waals surface area contributed by atoms with E-state index >= 15 is 0 Å². The Balaban J connectivity index is 1.53. The van der Waals surface area contributed by atoms with Crippen molar-refractivity contribution in [2.45, 2.75) is 34.6 Å². The maximum absolute atomic E-state index is 11.8. The fourth-order valence-electron chi connectivity index (χ4n) is 3.90. The van der Waals surface area contributed by atoms with Gasteiger partial charge in [-0.3, -0.25) is 9.20 Å². The molecule has 1 fully saturated rings. The number of benzene rings is 1. The van der Waals surface area contributed by atoms with Gasteiger partial charge in [0, 0.05) is 41.0 Å². The van der Waals surface area contributed by atoms with Gasteiger partial charge in [0.25, 0.3) is 0 Å². The van der Waals surface area contributed by atoms with Gasteiger partial charge in [-0.15, -0.1) is 11.6 Å². The van der Waals surface area contributed by atoms with Crippen LogP contribution in [0.5, 0.6) is 0 Å². The average molecular weight is 516 g/mol. The summed E-state index contributed by atoms with van der Waals surface area (Å²) in [5.41, 5.74) is 0.696. The lowest BCUT2D eigenvalue weighted by Gasteiger charge is -2.30. The summed E-state index contributed by atoms with van der Waals surface area (Å²) in [6.07, 6.45) is 8.10. The minimum Gasteiger partial charge on any atom is -0.464 e. The Morgan fingerprint density at radius 1 is 1.22 bits per heavy atom. The van der Waals surface area contributed by atoms with Crippen LogP contribution in [0.4, 0.5) is 0 Å². The fourth-order valence-corrected chi connectivity index (χ4v) is 6.47. The van der Waals surface area contributed by atoms with Gasteiger partial charge in [-0.1, -0.05) is 30.0 Å². The summed E-state index contributed by atoms with van der Waals surface area (Å²) in [6, 6.07) is 7.39. The second-order valence-corrected chi connectivity index (χ2v) is 13.1. The highest BCUT2D eigenvalue weighted by Gasteiger charge is 2.38. The molecule has 0 bridgehead atoms. The van der Waals surface area contributed by atoms with Crippen molar-refractivity contribution in [3.8, 4) is 0 Å². The number of thioether (sulfide) groups is 1. The summed E-state index contributed by atoms with van der Waals surface area (Å²) in [4.78, 5) is 10.2. The summed E-state index contributed by atoms with van der Waals surface area (Å²) >= 11 is 7.62. The van der Waals surface area contributed by atoms with Crippen molar-refractivity contribution in [2.75, 3.05) is 32.1 Å². The summed E-state index contributed by atoms with van der Waals surface area (Å²) in [6.45, 7) is 1.47. The van der Waals surface area contributed by atoms with E-state index in [0.29, 0.717) is 38.4 Å². The molecule has 3 aliphatic heterocycles. The zero-order chi connectivity index (χ0) is 22.9. The second-order valence-electron chi connectivity index (χ2n) is 8.03. The Kier molecular flexibility index (Phi) is 7.46. The average Bonchev–Trinajstić information content (AvgIpc) is 3.18. The van der Waals surface area contributed by atoms with Crippen LogP contribution in [-0.4, -0.2) is 70.8 Å². The molecule has 1 saturated heterocycles. The third-order valence-electron chi connectivity index (χ3n) is 5.69. The number of aliphatic imine (C=N–C) groups is 2. The minimum atomic E-state index is -3.18. The highest BCUT2D eigenvalue weighted by Crippen LogP contribution is 2.40. The molecular formula is C21H26ClN3O4S3. The lowest BCUT2D eigenvalue weighted by Crippen LogP contribution is -2.39. The van der Waals surface area contributed by atoms with Crippen LogP contribution in [0.1, 0.15) is 24.4 Å².